The van der Waals surface area contributed by atoms with Crippen LogP contribution in [-0.2, 0) is 4.79 Å². The molecule has 0 aliphatic carbocycles. The first-order chi connectivity index (χ1) is 9.97. The maximum absolute atomic E-state index is 12.6. The molecule has 2 aromatic rings. The maximum atomic E-state index is 12.6. The molecule has 0 aliphatic rings. The van der Waals surface area contributed by atoms with Crippen LogP contribution in [0.25, 0.3) is 0 Å². The molecule has 0 aliphatic heterocycles. The van der Waals surface area contributed by atoms with Crippen molar-refractivity contribution in [2.45, 2.75) is 19.9 Å². The highest BCUT2D eigenvalue weighted by molar-refractivity contribution is 5.95. The van der Waals surface area contributed by atoms with Crippen molar-refractivity contribution in [1.82, 2.24) is 4.90 Å². The Morgan fingerprint density at radius 1 is 1.00 bits per heavy atom. The van der Waals surface area contributed by atoms with Crippen LogP contribution in [0.4, 0.5) is 5.69 Å². The Morgan fingerprint density at radius 2 is 1.57 bits per heavy atom. The van der Waals surface area contributed by atoms with Crippen LogP contribution in [0.15, 0.2) is 48.5 Å². The van der Waals surface area contributed by atoms with Gasteiger partial charge in [0.05, 0.1) is 0 Å². The molecule has 1 N–H and O–H groups in total. The Morgan fingerprint density at radius 3 is 2.10 bits per heavy atom. The Balaban J connectivity index is 2.24. The first-order valence-corrected chi connectivity index (χ1v) is 7.08. The highest BCUT2D eigenvalue weighted by atomic mass is 16.2. The summed E-state index contributed by atoms with van der Waals surface area (Å²) in [6.07, 6.45) is 0. The second kappa shape index (κ2) is 6.55. The summed E-state index contributed by atoms with van der Waals surface area (Å²) in [5, 5.41) is 3.02. The van der Waals surface area contributed by atoms with Crippen molar-refractivity contribution < 1.29 is 4.79 Å². The molecular formula is C18H22N2O. The highest BCUT2D eigenvalue weighted by Crippen LogP contribution is 2.21. The van der Waals surface area contributed by atoms with E-state index in [2.05, 4.69) is 11.4 Å². The molecule has 0 saturated carbocycles. The monoisotopic (exact) mass is 282 g/mol. The van der Waals surface area contributed by atoms with Gasteiger partial charge in [-0.3, -0.25) is 9.69 Å². The van der Waals surface area contributed by atoms with E-state index in [4.69, 9.17) is 0 Å². The minimum atomic E-state index is -0.299. The van der Waals surface area contributed by atoms with E-state index in [0.717, 1.165) is 22.4 Å². The number of hydrogen-bond acceptors (Lipinski definition) is 2. The van der Waals surface area contributed by atoms with Gasteiger partial charge in [0.1, 0.15) is 6.04 Å². The summed E-state index contributed by atoms with van der Waals surface area (Å²) in [5.74, 6) is -0.0174. The second-order valence-corrected chi connectivity index (χ2v) is 5.64. The first-order valence-electron chi connectivity index (χ1n) is 7.08. The topological polar surface area (TPSA) is 32.3 Å². The van der Waals surface area contributed by atoms with Gasteiger partial charge in [-0.2, -0.15) is 0 Å². The molecule has 0 fully saturated rings. The molecule has 2 rings (SSSR count). The number of anilines is 1. The van der Waals surface area contributed by atoms with Crippen LogP contribution in [0.5, 0.6) is 0 Å². The number of benzene rings is 2. The number of aryl methyl sites for hydroxylation is 2. The van der Waals surface area contributed by atoms with Crippen LogP contribution in [0.3, 0.4) is 0 Å². The summed E-state index contributed by atoms with van der Waals surface area (Å²) in [5.41, 5.74) is 4.13. The molecule has 0 radical (unpaired) electrons. The number of likely N-dealkylation sites (N-methyl/N-ethyl adjacent to an activating group) is 1. The Kier molecular flexibility index (Phi) is 4.76. The molecule has 3 nitrogen and oxygen atoms in total. The zero-order valence-electron chi connectivity index (χ0n) is 13.1. The van der Waals surface area contributed by atoms with Crippen LogP contribution < -0.4 is 5.32 Å². The fourth-order valence-electron chi connectivity index (χ4n) is 2.58. The predicted molar refractivity (Wildman–Crippen MR) is 87.4 cm³/mol. The van der Waals surface area contributed by atoms with Gasteiger partial charge in [0.2, 0.25) is 5.91 Å². The smallest absolute Gasteiger partial charge is 0.246 e. The molecular weight excluding hydrogens is 260 g/mol. The van der Waals surface area contributed by atoms with Crippen molar-refractivity contribution in [3.63, 3.8) is 0 Å². The average molecular weight is 282 g/mol. The summed E-state index contributed by atoms with van der Waals surface area (Å²) in [4.78, 5) is 14.5. The number of hydrogen-bond donors (Lipinski definition) is 1. The van der Waals surface area contributed by atoms with Gasteiger partial charge < -0.3 is 5.32 Å². The van der Waals surface area contributed by atoms with Crippen molar-refractivity contribution in [2.75, 3.05) is 19.4 Å². The van der Waals surface area contributed by atoms with Crippen molar-refractivity contribution >= 4 is 11.6 Å². The van der Waals surface area contributed by atoms with Gasteiger partial charge in [0, 0.05) is 5.69 Å². The molecule has 110 valence electrons. The molecule has 0 spiro atoms. The summed E-state index contributed by atoms with van der Waals surface area (Å²) >= 11 is 0. The second-order valence-electron chi connectivity index (χ2n) is 5.64. The van der Waals surface area contributed by atoms with Crippen molar-refractivity contribution in [1.29, 1.82) is 0 Å². The average Bonchev–Trinajstić information content (AvgIpc) is 2.38. The van der Waals surface area contributed by atoms with Crippen molar-refractivity contribution in [3.05, 3.63) is 65.2 Å². The van der Waals surface area contributed by atoms with Crippen LogP contribution in [0, 0.1) is 13.8 Å². The minimum Gasteiger partial charge on any atom is -0.324 e. The van der Waals surface area contributed by atoms with Crippen LogP contribution in [0.2, 0.25) is 0 Å². The molecule has 1 amide bonds. The number of nitrogens with one attached hydrogen (secondary N) is 1. The molecule has 21 heavy (non-hydrogen) atoms. The third-order valence-corrected chi connectivity index (χ3v) is 3.37. The Labute approximate surface area is 126 Å². The highest BCUT2D eigenvalue weighted by Gasteiger charge is 2.22. The number of nitrogens with zero attached hydrogens (tertiary/aromatic N) is 1. The van der Waals surface area contributed by atoms with Crippen LogP contribution in [-0.4, -0.2) is 24.9 Å². The molecule has 1 unspecified atom stereocenters. The SMILES string of the molecule is Cc1cc(C)cc(NC(=O)C(c2ccccc2)N(C)C)c1. The normalized spacial score (nSPS) is 12.2. The lowest BCUT2D eigenvalue weighted by Gasteiger charge is -2.24. The maximum Gasteiger partial charge on any atom is 0.246 e. The molecule has 0 aromatic heterocycles. The van der Waals surface area contributed by atoms with Crippen molar-refractivity contribution in [3.8, 4) is 0 Å². The molecule has 2 aromatic carbocycles. The summed E-state index contributed by atoms with van der Waals surface area (Å²) < 4.78 is 0. The third kappa shape index (κ3) is 3.92. The van der Waals surface area contributed by atoms with Gasteiger partial charge in [-0.25, -0.2) is 0 Å². The number of amides is 1. The van der Waals surface area contributed by atoms with Crippen LogP contribution in [0.1, 0.15) is 22.7 Å². The lowest BCUT2D eigenvalue weighted by Crippen LogP contribution is -2.32. The number of carbonyl (C=O) groups excluding carboxylic acids is 1. The van der Waals surface area contributed by atoms with Gasteiger partial charge in [-0.05, 0) is 56.8 Å². The summed E-state index contributed by atoms with van der Waals surface area (Å²) in [6, 6.07) is 15.6. The summed E-state index contributed by atoms with van der Waals surface area (Å²) in [7, 11) is 3.83. The Hall–Kier alpha value is -2.13. The number of rotatable bonds is 4. The molecule has 0 bridgehead atoms. The molecule has 3 heteroatoms. The third-order valence-electron chi connectivity index (χ3n) is 3.37. The molecule has 0 saturated heterocycles. The summed E-state index contributed by atoms with van der Waals surface area (Å²) in [6.45, 7) is 4.06. The van der Waals surface area contributed by atoms with E-state index in [1.165, 1.54) is 0 Å². The van der Waals surface area contributed by atoms with E-state index in [0.29, 0.717) is 0 Å². The number of carbonyl (C=O) groups is 1. The van der Waals surface area contributed by atoms with Gasteiger partial charge in [-0.1, -0.05) is 36.4 Å². The van der Waals surface area contributed by atoms with Crippen LogP contribution >= 0.6 is 0 Å². The van der Waals surface area contributed by atoms with Gasteiger partial charge >= 0.3 is 0 Å². The fraction of sp³-hybridized carbons (Fsp3) is 0.278. The van der Waals surface area contributed by atoms with E-state index in [1.807, 2.05) is 75.3 Å². The molecule has 1 atom stereocenters. The van der Waals surface area contributed by atoms with Gasteiger partial charge in [0.15, 0.2) is 0 Å². The van der Waals surface area contributed by atoms with E-state index >= 15 is 0 Å². The van der Waals surface area contributed by atoms with Gasteiger partial charge in [-0.15, -0.1) is 0 Å². The predicted octanol–water partition coefficient (Wildman–Crippen LogP) is 3.54. The quantitative estimate of drug-likeness (QED) is 0.930. The zero-order valence-corrected chi connectivity index (χ0v) is 13.1. The zero-order chi connectivity index (χ0) is 15.4. The largest absolute Gasteiger partial charge is 0.324 e. The fourth-order valence-corrected chi connectivity index (χ4v) is 2.58. The minimum absolute atomic E-state index is 0.0174. The van der Waals surface area contributed by atoms with E-state index in [1.54, 1.807) is 0 Å². The van der Waals surface area contributed by atoms with Gasteiger partial charge in [0.25, 0.3) is 0 Å². The van der Waals surface area contributed by atoms with E-state index < -0.39 is 0 Å². The lowest BCUT2D eigenvalue weighted by molar-refractivity contribution is -0.120. The standard InChI is InChI=1S/C18H22N2O/c1-13-10-14(2)12-16(11-13)19-18(21)17(20(3)4)15-8-6-5-7-9-15/h5-12,17H,1-4H3,(H,19,21). The van der Waals surface area contributed by atoms with E-state index in [-0.39, 0.29) is 11.9 Å². The van der Waals surface area contributed by atoms with Crippen molar-refractivity contribution in [2.24, 2.45) is 0 Å². The molecule has 0 heterocycles. The first kappa shape index (κ1) is 15.3. The lowest BCUT2D eigenvalue weighted by atomic mass is 10.0. The Bertz CT molecular complexity index is 600. The van der Waals surface area contributed by atoms with E-state index in [9.17, 15) is 4.79 Å².